The van der Waals surface area contributed by atoms with E-state index in [0.29, 0.717) is 12.5 Å². The van der Waals surface area contributed by atoms with Crippen LogP contribution in [-0.4, -0.2) is 31.8 Å². The molecule has 0 aromatic heterocycles. The third-order valence-electron chi connectivity index (χ3n) is 4.25. The largest absolute Gasteiger partial charge is 0.373 e. The van der Waals surface area contributed by atoms with Gasteiger partial charge in [0, 0.05) is 36.3 Å². The molecule has 0 radical (unpaired) electrons. The van der Waals surface area contributed by atoms with Gasteiger partial charge in [0.1, 0.15) is 0 Å². The van der Waals surface area contributed by atoms with Crippen LogP contribution in [0.2, 0.25) is 0 Å². The first kappa shape index (κ1) is 15.9. The van der Waals surface area contributed by atoms with Crippen molar-refractivity contribution >= 4 is 23.4 Å². The molecule has 0 unspecified atom stereocenters. The van der Waals surface area contributed by atoms with Crippen molar-refractivity contribution in [2.24, 2.45) is 0 Å². The van der Waals surface area contributed by atoms with Crippen LogP contribution in [0.4, 0.5) is 5.69 Å². The average molecular weight is 326 g/mol. The summed E-state index contributed by atoms with van der Waals surface area (Å²) in [5.41, 5.74) is 3.14. The van der Waals surface area contributed by atoms with Gasteiger partial charge in [-0.2, -0.15) is 0 Å². The average Bonchev–Trinajstić information content (AvgIpc) is 2.60. The molecule has 0 saturated carbocycles. The van der Waals surface area contributed by atoms with Crippen molar-refractivity contribution in [2.75, 3.05) is 30.8 Å². The van der Waals surface area contributed by atoms with Gasteiger partial charge in [-0.05, 0) is 29.7 Å². The fourth-order valence-corrected chi connectivity index (χ4v) is 3.85. The summed E-state index contributed by atoms with van der Waals surface area (Å²) < 4.78 is 0. The summed E-state index contributed by atoms with van der Waals surface area (Å²) in [4.78, 5) is 15.9. The van der Waals surface area contributed by atoms with Crippen LogP contribution in [0.25, 0.3) is 0 Å². The lowest BCUT2D eigenvalue weighted by Gasteiger charge is -2.27. The van der Waals surface area contributed by atoms with Crippen molar-refractivity contribution in [1.82, 2.24) is 5.32 Å². The topological polar surface area (TPSA) is 32.3 Å². The maximum atomic E-state index is 12.4. The van der Waals surface area contributed by atoms with Crippen LogP contribution in [-0.2, 0) is 0 Å². The van der Waals surface area contributed by atoms with Crippen LogP contribution >= 0.6 is 11.8 Å². The van der Waals surface area contributed by atoms with Gasteiger partial charge in [0.15, 0.2) is 0 Å². The molecule has 0 bridgehead atoms. The summed E-state index contributed by atoms with van der Waals surface area (Å²) in [6.45, 7) is 3.80. The predicted octanol–water partition coefficient (Wildman–Crippen LogP) is 3.76. The van der Waals surface area contributed by atoms with Gasteiger partial charge in [0.05, 0.1) is 5.69 Å². The van der Waals surface area contributed by atoms with Crippen LogP contribution in [0.15, 0.2) is 53.4 Å². The molecule has 2 aromatic rings. The summed E-state index contributed by atoms with van der Waals surface area (Å²) in [5, 5.41) is 3.05. The first-order valence-electron chi connectivity index (χ1n) is 7.96. The second-order valence-corrected chi connectivity index (χ2v) is 7.11. The smallest absolute Gasteiger partial charge is 0.251 e. The first-order valence-corrected chi connectivity index (χ1v) is 8.95. The van der Waals surface area contributed by atoms with Crippen molar-refractivity contribution in [2.45, 2.75) is 17.7 Å². The Bertz CT molecular complexity index is 687. The Morgan fingerprint density at radius 3 is 2.83 bits per heavy atom. The van der Waals surface area contributed by atoms with Gasteiger partial charge in [0.25, 0.3) is 5.91 Å². The Balaban J connectivity index is 1.66. The van der Waals surface area contributed by atoms with E-state index in [4.69, 9.17) is 0 Å². The summed E-state index contributed by atoms with van der Waals surface area (Å²) in [7, 11) is 2.08. The summed E-state index contributed by atoms with van der Waals surface area (Å²) in [6, 6.07) is 16.3. The molecule has 3 nitrogen and oxygen atoms in total. The highest BCUT2D eigenvalue weighted by Crippen LogP contribution is 2.34. The Morgan fingerprint density at radius 1 is 1.26 bits per heavy atom. The van der Waals surface area contributed by atoms with Crippen molar-refractivity contribution in [3.63, 3.8) is 0 Å². The maximum absolute atomic E-state index is 12.4. The minimum atomic E-state index is -0.000412. The van der Waals surface area contributed by atoms with E-state index >= 15 is 0 Å². The number of anilines is 1. The molecule has 23 heavy (non-hydrogen) atoms. The molecule has 2 aromatic carbocycles. The standard InChI is InChI=1S/C19H22N2OS/c1-14(15-6-4-3-5-7-15)13-20-19(22)16-8-9-18-17(12-16)21(2)10-11-23-18/h3-9,12,14H,10-11,13H2,1-2H3,(H,20,22)/t14-/m1/s1. The second-order valence-electron chi connectivity index (χ2n) is 5.97. The van der Waals surface area contributed by atoms with E-state index in [1.807, 2.05) is 42.1 Å². The van der Waals surface area contributed by atoms with E-state index in [0.717, 1.165) is 23.5 Å². The van der Waals surface area contributed by atoms with E-state index < -0.39 is 0 Å². The molecule has 0 spiro atoms. The molecule has 1 aliphatic heterocycles. The number of benzene rings is 2. The maximum Gasteiger partial charge on any atom is 0.251 e. The van der Waals surface area contributed by atoms with Gasteiger partial charge in [-0.25, -0.2) is 0 Å². The van der Waals surface area contributed by atoms with Crippen molar-refractivity contribution in [1.29, 1.82) is 0 Å². The lowest BCUT2D eigenvalue weighted by atomic mass is 10.0. The summed E-state index contributed by atoms with van der Waals surface area (Å²) in [6.07, 6.45) is 0. The van der Waals surface area contributed by atoms with Crippen LogP contribution < -0.4 is 10.2 Å². The first-order chi connectivity index (χ1) is 11.1. The van der Waals surface area contributed by atoms with Gasteiger partial charge < -0.3 is 10.2 Å². The fraction of sp³-hybridized carbons (Fsp3) is 0.316. The zero-order valence-electron chi connectivity index (χ0n) is 13.6. The van der Waals surface area contributed by atoms with Gasteiger partial charge >= 0.3 is 0 Å². The lowest BCUT2D eigenvalue weighted by molar-refractivity contribution is 0.0951. The molecule has 1 aliphatic rings. The minimum Gasteiger partial charge on any atom is -0.373 e. The van der Waals surface area contributed by atoms with E-state index in [1.165, 1.54) is 10.5 Å². The van der Waals surface area contributed by atoms with E-state index in [1.54, 1.807) is 0 Å². The number of hydrogen-bond acceptors (Lipinski definition) is 3. The molecule has 0 fully saturated rings. The highest BCUT2D eigenvalue weighted by atomic mass is 32.2. The number of fused-ring (bicyclic) bond motifs is 1. The Morgan fingerprint density at radius 2 is 2.04 bits per heavy atom. The Hall–Kier alpha value is -1.94. The van der Waals surface area contributed by atoms with E-state index in [-0.39, 0.29) is 5.91 Å². The molecule has 1 atom stereocenters. The van der Waals surface area contributed by atoms with Crippen LogP contribution in [0.1, 0.15) is 28.8 Å². The molecule has 1 heterocycles. The second kappa shape index (κ2) is 7.09. The Kier molecular flexibility index (Phi) is 4.91. The zero-order valence-corrected chi connectivity index (χ0v) is 14.4. The van der Waals surface area contributed by atoms with Crippen molar-refractivity contribution in [3.05, 3.63) is 59.7 Å². The number of amides is 1. The molecule has 1 N–H and O–H groups in total. The van der Waals surface area contributed by atoms with E-state index in [9.17, 15) is 4.79 Å². The normalized spacial score (nSPS) is 15.0. The molecular formula is C19H22N2OS. The predicted molar refractivity (Wildman–Crippen MR) is 97.6 cm³/mol. The number of nitrogens with one attached hydrogen (secondary N) is 1. The molecular weight excluding hydrogens is 304 g/mol. The number of carbonyl (C=O) groups excluding carboxylic acids is 1. The molecule has 0 saturated heterocycles. The van der Waals surface area contributed by atoms with Gasteiger partial charge in [-0.3, -0.25) is 4.79 Å². The molecule has 120 valence electrons. The molecule has 4 heteroatoms. The monoisotopic (exact) mass is 326 g/mol. The number of carbonyl (C=O) groups is 1. The number of nitrogens with zero attached hydrogens (tertiary/aromatic N) is 1. The SMILES string of the molecule is C[C@H](CNC(=O)c1ccc2c(c1)N(C)CCS2)c1ccccc1. The number of hydrogen-bond donors (Lipinski definition) is 1. The summed E-state index contributed by atoms with van der Waals surface area (Å²) in [5.74, 6) is 1.40. The van der Waals surface area contributed by atoms with Crippen LogP contribution in [0.5, 0.6) is 0 Å². The van der Waals surface area contributed by atoms with Gasteiger partial charge in [-0.1, -0.05) is 37.3 Å². The fourth-order valence-electron chi connectivity index (χ4n) is 2.74. The summed E-state index contributed by atoms with van der Waals surface area (Å²) >= 11 is 1.86. The highest BCUT2D eigenvalue weighted by Gasteiger charge is 2.17. The van der Waals surface area contributed by atoms with Crippen LogP contribution in [0, 0.1) is 0 Å². The minimum absolute atomic E-state index is 0.000412. The lowest BCUT2D eigenvalue weighted by Crippen LogP contribution is -2.28. The van der Waals surface area contributed by atoms with Crippen molar-refractivity contribution < 1.29 is 4.79 Å². The molecule has 0 aliphatic carbocycles. The third-order valence-corrected chi connectivity index (χ3v) is 5.30. The highest BCUT2D eigenvalue weighted by molar-refractivity contribution is 7.99. The van der Waals surface area contributed by atoms with E-state index in [2.05, 4.69) is 42.4 Å². The molecule has 3 rings (SSSR count). The zero-order chi connectivity index (χ0) is 16.2. The van der Waals surface area contributed by atoms with Gasteiger partial charge in [-0.15, -0.1) is 11.8 Å². The quantitative estimate of drug-likeness (QED) is 0.928. The Labute approximate surface area is 142 Å². The number of rotatable bonds is 4. The van der Waals surface area contributed by atoms with Crippen molar-refractivity contribution in [3.8, 4) is 0 Å². The van der Waals surface area contributed by atoms with Crippen LogP contribution in [0.3, 0.4) is 0 Å². The third kappa shape index (κ3) is 3.70. The molecule has 1 amide bonds. The number of thioether (sulfide) groups is 1. The van der Waals surface area contributed by atoms with Gasteiger partial charge in [0.2, 0.25) is 0 Å².